The van der Waals surface area contributed by atoms with Gasteiger partial charge >= 0.3 is 5.97 Å². The Morgan fingerprint density at radius 3 is 2.86 bits per heavy atom. The lowest BCUT2D eigenvalue weighted by molar-refractivity contribution is 0.0600. The highest BCUT2D eigenvalue weighted by Gasteiger charge is 2.32. The molecule has 0 amide bonds. The van der Waals surface area contributed by atoms with Crippen molar-refractivity contribution >= 4 is 27.5 Å². The summed E-state index contributed by atoms with van der Waals surface area (Å²) < 4.78 is 33.2. The maximum absolute atomic E-state index is 12.3. The molecule has 0 aliphatic carbocycles. The van der Waals surface area contributed by atoms with Gasteiger partial charge in [0.2, 0.25) is 0 Å². The normalized spacial score (nSPS) is 19.9. The minimum Gasteiger partial charge on any atom is -0.465 e. The molecule has 7 heteroatoms. The summed E-state index contributed by atoms with van der Waals surface area (Å²) in [5.41, 5.74) is 0.822. The van der Waals surface area contributed by atoms with E-state index in [-0.39, 0.29) is 10.5 Å². The summed E-state index contributed by atoms with van der Waals surface area (Å²) in [4.78, 5) is 13.6. The van der Waals surface area contributed by atoms with Crippen molar-refractivity contribution in [2.75, 3.05) is 18.6 Å². The highest BCUT2D eigenvalue weighted by molar-refractivity contribution is 7.90. The number of carbonyl (C=O) groups excluding carboxylic acids is 1. The Balaban J connectivity index is 2.15. The van der Waals surface area contributed by atoms with Gasteiger partial charge in [-0.25, -0.2) is 4.79 Å². The van der Waals surface area contributed by atoms with Crippen molar-refractivity contribution < 1.29 is 17.9 Å². The third kappa shape index (κ3) is 2.42. The van der Waals surface area contributed by atoms with Gasteiger partial charge < -0.3 is 9.64 Å². The van der Waals surface area contributed by atoms with Crippen molar-refractivity contribution in [3.05, 3.63) is 23.8 Å². The number of nitrogens with zero attached hydrogens (tertiary/aromatic N) is 2. The summed E-state index contributed by atoms with van der Waals surface area (Å²) in [6.07, 6.45) is 3.67. The Bertz CT molecular complexity index is 724. The lowest BCUT2D eigenvalue weighted by Gasteiger charge is -2.29. The first-order chi connectivity index (χ1) is 10.0. The average Bonchev–Trinajstić information content (AvgIpc) is 2.70. The second kappa shape index (κ2) is 5.14. The molecule has 0 bridgehead atoms. The average molecular weight is 308 g/mol. The van der Waals surface area contributed by atoms with Crippen molar-refractivity contribution in [3.8, 4) is 0 Å². The molecule has 0 radical (unpaired) electrons. The van der Waals surface area contributed by atoms with Gasteiger partial charge in [0.15, 0.2) is 0 Å². The number of hydrogen-bond acceptors (Lipinski definition) is 5. The zero-order valence-corrected chi connectivity index (χ0v) is 12.5. The molecule has 0 spiro atoms. The Morgan fingerprint density at radius 1 is 1.29 bits per heavy atom. The van der Waals surface area contributed by atoms with E-state index >= 15 is 0 Å². The minimum absolute atomic E-state index is 0.0797. The van der Waals surface area contributed by atoms with E-state index in [0.29, 0.717) is 17.9 Å². The van der Waals surface area contributed by atoms with E-state index in [9.17, 15) is 13.2 Å². The number of sulfonamides is 1. The number of carbonyl (C=O) groups is 1. The van der Waals surface area contributed by atoms with Crippen LogP contribution in [0.2, 0.25) is 0 Å². The van der Waals surface area contributed by atoms with Crippen LogP contribution in [0.1, 0.15) is 36.0 Å². The van der Waals surface area contributed by atoms with Gasteiger partial charge in [0, 0.05) is 13.0 Å². The van der Waals surface area contributed by atoms with Gasteiger partial charge in [-0.2, -0.15) is 8.42 Å². The zero-order valence-electron chi connectivity index (χ0n) is 11.7. The molecular weight excluding hydrogens is 292 g/mol. The molecule has 0 unspecified atom stereocenters. The third-order valence-electron chi connectivity index (χ3n) is 3.77. The van der Waals surface area contributed by atoms with Crippen molar-refractivity contribution in [1.82, 2.24) is 0 Å². The van der Waals surface area contributed by atoms with Crippen LogP contribution in [-0.2, 0) is 14.8 Å². The maximum Gasteiger partial charge on any atom is 0.337 e. The molecule has 0 aromatic heterocycles. The molecule has 3 rings (SSSR count). The van der Waals surface area contributed by atoms with Crippen molar-refractivity contribution in [3.63, 3.8) is 0 Å². The van der Waals surface area contributed by atoms with E-state index in [4.69, 9.17) is 0 Å². The van der Waals surface area contributed by atoms with E-state index in [1.807, 2.05) is 4.90 Å². The van der Waals surface area contributed by atoms with Crippen molar-refractivity contribution in [2.45, 2.75) is 30.6 Å². The topological polar surface area (TPSA) is 76.0 Å². The van der Waals surface area contributed by atoms with E-state index in [1.165, 1.54) is 13.2 Å². The second-order valence-electron chi connectivity index (χ2n) is 5.12. The van der Waals surface area contributed by atoms with Gasteiger partial charge in [0.25, 0.3) is 10.0 Å². The van der Waals surface area contributed by atoms with Crippen LogP contribution >= 0.6 is 0 Å². The van der Waals surface area contributed by atoms with Crippen LogP contribution in [0.25, 0.3) is 0 Å². The van der Waals surface area contributed by atoms with E-state index in [1.54, 1.807) is 12.1 Å². The van der Waals surface area contributed by atoms with Gasteiger partial charge in [-0.05, 0) is 31.0 Å². The van der Waals surface area contributed by atoms with Crippen LogP contribution in [-0.4, -0.2) is 33.9 Å². The highest BCUT2D eigenvalue weighted by Crippen LogP contribution is 2.35. The first kappa shape index (κ1) is 14.1. The number of anilines is 1. The number of esters is 1. The summed E-state index contributed by atoms with van der Waals surface area (Å²) >= 11 is 0. The molecule has 112 valence electrons. The van der Waals surface area contributed by atoms with Gasteiger partial charge in [-0.3, -0.25) is 0 Å². The molecule has 6 nitrogen and oxygen atoms in total. The van der Waals surface area contributed by atoms with E-state index in [2.05, 4.69) is 9.13 Å². The van der Waals surface area contributed by atoms with Crippen molar-refractivity contribution in [1.29, 1.82) is 0 Å². The molecule has 2 heterocycles. The molecule has 1 aromatic carbocycles. The van der Waals surface area contributed by atoms with Crippen LogP contribution in [0.4, 0.5) is 5.69 Å². The quantitative estimate of drug-likeness (QED) is 0.741. The predicted octanol–water partition coefficient (Wildman–Crippen LogP) is 1.95. The molecule has 0 saturated carbocycles. The number of ether oxygens (including phenoxy) is 1. The van der Waals surface area contributed by atoms with Gasteiger partial charge in [-0.1, -0.05) is 6.42 Å². The van der Waals surface area contributed by atoms with Crippen LogP contribution in [0.3, 0.4) is 0 Å². The Labute approximate surface area is 123 Å². The molecular formula is C14H16N2O4S. The summed E-state index contributed by atoms with van der Waals surface area (Å²) in [6, 6.07) is 4.61. The smallest absolute Gasteiger partial charge is 0.337 e. The van der Waals surface area contributed by atoms with Gasteiger partial charge in [-0.15, -0.1) is 4.40 Å². The summed E-state index contributed by atoms with van der Waals surface area (Å²) in [7, 11) is -2.49. The van der Waals surface area contributed by atoms with Crippen LogP contribution in [0, 0.1) is 0 Å². The lowest BCUT2D eigenvalue weighted by Crippen LogP contribution is -2.35. The largest absolute Gasteiger partial charge is 0.465 e. The molecule has 0 N–H and O–H groups in total. The van der Waals surface area contributed by atoms with Crippen molar-refractivity contribution in [2.24, 2.45) is 4.40 Å². The number of hydrogen-bond donors (Lipinski definition) is 0. The van der Waals surface area contributed by atoms with Crippen LogP contribution in [0.5, 0.6) is 0 Å². The van der Waals surface area contributed by atoms with Crippen LogP contribution < -0.4 is 4.90 Å². The molecule has 1 aromatic rings. The number of benzene rings is 1. The molecule has 1 fully saturated rings. The SMILES string of the molecule is COC(=O)c1ccc2c(c1)S(=O)(=O)N=C1CCCCCN12. The standard InChI is InChI=1S/C14H16N2O4S/c1-20-14(17)10-6-7-11-12(9-10)21(18,19)15-13-5-3-2-4-8-16(11)13/h6-7,9H,2-5,8H2,1H3. The molecule has 2 aliphatic rings. The second-order valence-corrected chi connectivity index (χ2v) is 6.69. The molecule has 0 atom stereocenters. The fourth-order valence-corrected chi connectivity index (χ4v) is 4.01. The summed E-state index contributed by atoms with van der Waals surface area (Å²) in [5, 5.41) is 0. The van der Waals surface area contributed by atoms with Gasteiger partial charge in [0.05, 0.1) is 18.4 Å². The highest BCUT2D eigenvalue weighted by atomic mass is 32.2. The molecule has 21 heavy (non-hydrogen) atoms. The number of methoxy groups -OCH3 is 1. The molecule has 2 aliphatic heterocycles. The number of amidine groups is 1. The fourth-order valence-electron chi connectivity index (χ4n) is 2.72. The maximum atomic E-state index is 12.3. The fraction of sp³-hybridized carbons (Fsp3) is 0.429. The summed E-state index contributed by atoms with van der Waals surface area (Å²) in [5.74, 6) is 0.0458. The predicted molar refractivity (Wildman–Crippen MR) is 78.2 cm³/mol. The number of fused-ring (bicyclic) bond motifs is 3. The monoisotopic (exact) mass is 308 g/mol. The Morgan fingerprint density at radius 2 is 2.10 bits per heavy atom. The Hall–Kier alpha value is -1.89. The lowest BCUT2D eigenvalue weighted by atomic mass is 10.2. The van der Waals surface area contributed by atoms with Crippen LogP contribution in [0.15, 0.2) is 27.5 Å². The number of rotatable bonds is 1. The minimum atomic E-state index is -3.75. The van der Waals surface area contributed by atoms with Gasteiger partial charge in [0.1, 0.15) is 10.7 Å². The van der Waals surface area contributed by atoms with E-state index < -0.39 is 16.0 Å². The Kier molecular flexibility index (Phi) is 3.44. The third-order valence-corrected chi connectivity index (χ3v) is 5.10. The zero-order chi connectivity index (χ0) is 15.0. The van der Waals surface area contributed by atoms with E-state index in [0.717, 1.165) is 25.8 Å². The summed E-state index contributed by atoms with van der Waals surface area (Å²) in [6.45, 7) is 0.749. The first-order valence-corrected chi connectivity index (χ1v) is 8.31. The first-order valence-electron chi connectivity index (χ1n) is 6.87. The molecule has 1 saturated heterocycles.